The number of hydrogen-bond donors (Lipinski definition) is 2. The molecule has 6 nitrogen and oxygen atoms in total. The number of rotatable bonds is 2. The van der Waals surface area contributed by atoms with E-state index in [9.17, 15) is 4.79 Å². The van der Waals surface area contributed by atoms with Crippen LogP contribution in [0.15, 0.2) is 30.3 Å². The van der Waals surface area contributed by atoms with Crippen LogP contribution in [0.3, 0.4) is 0 Å². The van der Waals surface area contributed by atoms with Crippen LogP contribution in [0.4, 0.5) is 0 Å². The van der Waals surface area contributed by atoms with E-state index in [2.05, 4.69) is 16.4 Å². The molecule has 6 heteroatoms. The molecular weight excluding hydrogens is 320 g/mol. The summed E-state index contributed by atoms with van der Waals surface area (Å²) < 4.78 is 17.3. The number of aromatic nitrogens is 1. The Morgan fingerprint density at radius 2 is 2.24 bits per heavy atom. The summed E-state index contributed by atoms with van der Waals surface area (Å²) in [4.78, 5) is 16.6. The number of ether oxygens (including phenoxy) is 3. The van der Waals surface area contributed by atoms with Crippen molar-refractivity contribution in [2.45, 2.75) is 23.5 Å². The molecule has 1 aromatic carbocycles. The number of fused-ring (bicyclic) bond motifs is 1. The van der Waals surface area contributed by atoms with Crippen molar-refractivity contribution in [3.05, 3.63) is 36.0 Å². The third-order valence-corrected chi connectivity index (χ3v) is 6.20. The van der Waals surface area contributed by atoms with Gasteiger partial charge in [0.25, 0.3) is 0 Å². The molecule has 5 rings (SSSR count). The minimum atomic E-state index is -0.874. The number of para-hydroxylation sites is 1. The zero-order valence-electron chi connectivity index (χ0n) is 14.2. The summed E-state index contributed by atoms with van der Waals surface area (Å²) in [5, 5.41) is 4.51. The van der Waals surface area contributed by atoms with Crippen LogP contribution in [-0.2, 0) is 24.4 Å². The highest BCUT2D eigenvalue weighted by molar-refractivity contribution is 5.88. The summed E-state index contributed by atoms with van der Waals surface area (Å²) in [6, 6.07) is 10.1. The van der Waals surface area contributed by atoms with E-state index in [-0.39, 0.29) is 23.6 Å². The Labute approximate surface area is 145 Å². The summed E-state index contributed by atoms with van der Waals surface area (Å²) >= 11 is 0. The zero-order chi connectivity index (χ0) is 17.1. The number of aromatic amines is 1. The molecule has 0 saturated carbocycles. The van der Waals surface area contributed by atoms with Crippen LogP contribution in [0.5, 0.6) is 0 Å². The van der Waals surface area contributed by atoms with Gasteiger partial charge in [0.1, 0.15) is 17.1 Å². The van der Waals surface area contributed by atoms with Gasteiger partial charge in [-0.25, -0.2) is 0 Å². The summed E-state index contributed by atoms with van der Waals surface area (Å²) in [5.41, 5.74) is 0.672. The van der Waals surface area contributed by atoms with Gasteiger partial charge in [0.2, 0.25) is 0 Å². The highest BCUT2D eigenvalue weighted by Gasteiger charge is 2.71. The van der Waals surface area contributed by atoms with Gasteiger partial charge in [-0.05, 0) is 30.5 Å². The van der Waals surface area contributed by atoms with Crippen molar-refractivity contribution >= 4 is 16.9 Å². The molecule has 3 fully saturated rings. The van der Waals surface area contributed by atoms with Gasteiger partial charge < -0.3 is 24.5 Å². The minimum absolute atomic E-state index is 0.0225. The minimum Gasteiger partial charge on any atom is -0.468 e. The van der Waals surface area contributed by atoms with E-state index in [1.54, 1.807) is 0 Å². The number of hydrogen-bond acceptors (Lipinski definition) is 5. The van der Waals surface area contributed by atoms with E-state index in [1.165, 1.54) is 7.11 Å². The molecule has 4 atom stereocenters. The van der Waals surface area contributed by atoms with Gasteiger partial charge in [-0.2, -0.15) is 0 Å². The van der Waals surface area contributed by atoms with Crippen molar-refractivity contribution in [1.29, 1.82) is 0 Å². The second-order valence-corrected chi connectivity index (χ2v) is 7.33. The van der Waals surface area contributed by atoms with Crippen LogP contribution in [0, 0.1) is 5.92 Å². The fourth-order valence-corrected chi connectivity index (χ4v) is 4.93. The molecular formula is C19H22N2O4. The van der Waals surface area contributed by atoms with Crippen molar-refractivity contribution in [3.63, 3.8) is 0 Å². The third kappa shape index (κ3) is 1.99. The molecule has 132 valence electrons. The number of benzene rings is 1. The molecule has 1 spiro atoms. The number of piperidine rings is 1. The molecule has 2 aromatic rings. The lowest BCUT2D eigenvalue weighted by molar-refractivity contribution is -0.156. The van der Waals surface area contributed by atoms with Gasteiger partial charge in [0.15, 0.2) is 0 Å². The van der Waals surface area contributed by atoms with Crippen molar-refractivity contribution in [1.82, 2.24) is 10.3 Å². The predicted octanol–water partition coefficient (Wildman–Crippen LogP) is 1.36. The molecule has 3 aliphatic heterocycles. The number of esters is 1. The lowest BCUT2D eigenvalue weighted by Crippen LogP contribution is -2.58. The largest absolute Gasteiger partial charge is 0.468 e. The summed E-state index contributed by atoms with van der Waals surface area (Å²) in [5.74, 6) is -0.226. The van der Waals surface area contributed by atoms with Crippen LogP contribution in [0.2, 0.25) is 0 Å². The fraction of sp³-hybridized carbons (Fsp3) is 0.526. The molecule has 4 heterocycles. The van der Waals surface area contributed by atoms with Crippen molar-refractivity contribution in [2.24, 2.45) is 5.92 Å². The second-order valence-electron chi connectivity index (χ2n) is 7.33. The number of nitrogens with one attached hydrogen (secondary N) is 2. The molecule has 0 bridgehead atoms. The first kappa shape index (κ1) is 15.4. The van der Waals surface area contributed by atoms with E-state index in [1.807, 2.05) is 24.3 Å². The Balaban J connectivity index is 1.71. The average molecular weight is 342 g/mol. The maximum absolute atomic E-state index is 13.1. The number of methoxy groups -OCH3 is 1. The van der Waals surface area contributed by atoms with Crippen LogP contribution in [0.1, 0.15) is 12.1 Å². The SMILES string of the molecule is COC(=O)C1(c2cc3ccccc3[nH]2)COCC2OC23CNCCC13. The molecule has 4 unspecified atom stereocenters. The Hall–Kier alpha value is -1.89. The number of carbonyl (C=O) groups excluding carboxylic acids is 1. The van der Waals surface area contributed by atoms with Crippen LogP contribution in [-0.4, -0.2) is 56.1 Å². The first-order valence-corrected chi connectivity index (χ1v) is 8.84. The van der Waals surface area contributed by atoms with Gasteiger partial charge >= 0.3 is 5.97 Å². The molecule has 3 saturated heterocycles. The number of carbonyl (C=O) groups is 1. The highest BCUT2D eigenvalue weighted by atomic mass is 16.6. The van der Waals surface area contributed by atoms with Crippen molar-refractivity contribution < 1.29 is 19.0 Å². The maximum atomic E-state index is 13.1. The molecule has 0 aliphatic carbocycles. The van der Waals surface area contributed by atoms with Crippen LogP contribution in [0.25, 0.3) is 10.9 Å². The Kier molecular flexibility index (Phi) is 3.26. The summed E-state index contributed by atoms with van der Waals surface area (Å²) in [6.45, 7) is 2.46. The first-order valence-electron chi connectivity index (χ1n) is 8.84. The van der Waals surface area contributed by atoms with Gasteiger partial charge in [-0.3, -0.25) is 4.79 Å². The zero-order valence-corrected chi connectivity index (χ0v) is 14.2. The number of H-pyrrole nitrogens is 1. The van der Waals surface area contributed by atoms with Gasteiger partial charge in [-0.15, -0.1) is 0 Å². The monoisotopic (exact) mass is 342 g/mol. The molecule has 1 aromatic heterocycles. The van der Waals surface area contributed by atoms with E-state index < -0.39 is 5.41 Å². The smallest absolute Gasteiger partial charge is 0.320 e. The van der Waals surface area contributed by atoms with Gasteiger partial charge in [0.05, 0.1) is 20.3 Å². The van der Waals surface area contributed by atoms with E-state index >= 15 is 0 Å². The standard InChI is InChI=1S/C19H22N2O4/c1-23-17(22)18(15-8-12-4-2-3-5-13(12)21-15)11-24-9-16-19(25-16)10-20-7-6-14(18)19/h2-5,8,14,16,20-21H,6-7,9-11H2,1H3. The molecule has 0 amide bonds. The van der Waals surface area contributed by atoms with E-state index in [0.29, 0.717) is 13.2 Å². The van der Waals surface area contributed by atoms with Crippen molar-refractivity contribution in [2.75, 3.05) is 33.4 Å². The molecule has 3 aliphatic rings. The molecule has 0 radical (unpaired) electrons. The Bertz CT molecular complexity index is 801. The summed E-state index contributed by atoms with van der Waals surface area (Å²) in [7, 11) is 1.45. The fourth-order valence-electron chi connectivity index (χ4n) is 4.93. The lowest BCUT2D eigenvalue weighted by atomic mass is 9.64. The average Bonchev–Trinajstić information content (AvgIpc) is 3.15. The quantitative estimate of drug-likeness (QED) is 0.637. The lowest BCUT2D eigenvalue weighted by Gasteiger charge is -2.42. The maximum Gasteiger partial charge on any atom is 0.320 e. The van der Waals surface area contributed by atoms with Gasteiger partial charge in [-0.1, -0.05) is 18.2 Å². The van der Waals surface area contributed by atoms with E-state index in [4.69, 9.17) is 14.2 Å². The molecule has 25 heavy (non-hydrogen) atoms. The Morgan fingerprint density at radius 1 is 1.36 bits per heavy atom. The predicted molar refractivity (Wildman–Crippen MR) is 91.4 cm³/mol. The topological polar surface area (TPSA) is 75.9 Å². The second kappa shape index (κ2) is 5.30. The van der Waals surface area contributed by atoms with Crippen LogP contribution >= 0.6 is 0 Å². The van der Waals surface area contributed by atoms with Gasteiger partial charge in [0, 0.05) is 23.7 Å². The first-order chi connectivity index (χ1) is 12.2. The normalized spacial score (nSPS) is 37.0. The summed E-state index contributed by atoms with van der Waals surface area (Å²) in [6.07, 6.45) is 0.908. The van der Waals surface area contributed by atoms with Crippen LogP contribution < -0.4 is 5.32 Å². The van der Waals surface area contributed by atoms with Crippen molar-refractivity contribution in [3.8, 4) is 0 Å². The third-order valence-electron chi connectivity index (χ3n) is 6.20. The van der Waals surface area contributed by atoms with E-state index in [0.717, 1.165) is 36.1 Å². The number of epoxide rings is 1. The molecule has 2 N–H and O–H groups in total. The highest BCUT2D eigenvalue weighted by Crippen LogP contribution is 2.56. The Morgan fingerprint density at radius 3 is 3.08 bits per heavy atom.